The lowest BCUT2D eigenvalue weighted by atomic mass is 10.2. The minimum absolute atomic E-state index is 0.431. The number of hydrogen-bond acceptors (Lipinski definition) is 5. The summed E-state index contributed by atoms with van der Waals surface area (Å²) in [6.07, 6.45) is 2.15. The second-order valence-electron chi connectivity index (χ2n) is 6.11. The average molecular weight is 406 g/mol. The fourth-order valence-corrected chi connectivity index (χ4v) is 2.79. The largest absolute Gasteiger partial charge is 0.489 e. The van der Waals surface area contributed by atoms with E-state index in [-0.39, 0.29) is 0 Å². The first-order valence-electron chi connectivity index (χ1n) is 8.81. The molecule has 0 saturated heterocycles. The first kappa shape index (κ1) is 19.5. The molecule has 0 aliphatic heterocycles. The van der Waals surface area contributed by atoms with Gasteiger partial charge in [-0.3, -0.25) is 0 Å². The second kappa shape index (κ2) is 9.58. The number of aryl methyl sites for hydroxylation is 1. The number of unbranched alkanes of at least 4 members (excludes halogenated alkanes) is 1. The molecule has 27 heavy (non-hydrogen) atoms. The van der Waals surface area contributed by atoms with Gasteiger partial charge in [0.25, 0.3) is 0 Å². The first-order valence-corrected chi connectivity index (χ1v) is 9.57. The molecule has 8 heteroatoms. The zero-order chi connectivity index (χ0) is 19.1. The van der Waals surface area contributed by atoms with E-state index in [1.807, 2.05) is 36.4 Å². The number of nitrogens with one attached hydrogen (secondary N) is 1. The maximum absolute atomic E-state index is 6.02. The third-order valence-electron chi connectivity index (χ3n) is 4.02. The number of ether oxygens (including phenoxy) is 1. The number of nitrogens with zero attached hydrogens (tertiary/aromatic N) is 4. The zero-order valence-corrected chi connectivity index (χ0v) is 16.5. The van der Waals surface area contributed by atoms with Crippen LogP contribution in [0.5, 0.6) is 5.75 Å². The molecule has 3 aromatic rings. The van der Waals surface area contributed by atoms with E-state index in [4.69, 9.17) is 27.9 Å². The molecule has 0 saturated carbocycles. The summed E-state index contributed by atoms with van der Waals surface area (Å²) in [5.74, 6) is 1.47. The van der Waals surface area contributed by atoms with Gasteiger partial charge in [0.1, 0.15) is 12.4 Å². The third-order valence-corrected chi connectivity index (χ3v) is 4.76. The summed E-state index contributed by atoms with van der Waals surface area (Å²) in [6, 6.07) is 13.4. The van der Waals surface area contributed by atoms with Crippen molar-refractivity contribution in [2.75, 3.05) is 5.32 Å². The second-order valence-corrected chi connectivity index (χ2v) is 6.93. The van der Waals surface area contributed by atoms with Gasteiger partial charge in [0.2, 0.25) is 5.95 Å². The Balaban J connectivity index is 1.51. The van der Waals surface area contributed by atoms with Gasteiger partial charge in [0.05, 0.1) is 10.0 Å². The number of anilines is 1. The van der Waals surface area contributed by atoms with E-state index in [1.165, 1.54) is 0 Å². The number of halogens is 2. The van der Waals surface area contributed by atoms with Crippen LogP contribution >= 0.6 is 23.2 Å². The lowest BCUT2D eigenvalue weighted by Crippen LogP contribution is -2.09. The molecular weight excluding hydrogens is 385 g/mol. The molecule has 0 aliphatic carbocycles. The van der Waals surface area contributed by atoms with E-state index < -0.39 is 0 Å². The Morgan fingerprint density at radius 3 is 2.56 bits per heavy atom. The molecule has 0 unspecified atom stereocenters. The maximum Gasteiger partial charge on any atom is 0.243 e. The fourth-order valence-electron chi connectivity index (χ4n) is 2.47. The fraction of sp³-hybridized carbons (Fsp3) is 0.316. The van der Waals surface area contributed by atoms with Gasteiger partial charge in [-0.2, -0.15) is 0 Å². The van der Waals surface area contributed by atoms with Gasteiger partial charge in [0.15, 0.2) is 0 Å². The van der Waals surface area contributed by atoms with Crippen molar-refractivity contribution in [2.24, 2.45) is 0 Å². The Kier molecular flexibility index (Phi) is 6.90. The van der Waals surface area contributed by atoms with Crippen molar-refractivity contribution in [3.05, 3.63) is 63.6 Å². The molecule has 0 atom stereocenters. The Morgan fingerprint density at radius 1 is 1.04 bits per heavy atom. The van der Waals surface area contributed by atoms with Gasteiger partial charge in [-0.1, -0.05) is 59.8 Å². The Bertz CT molecular complexity index is 867. The summed E-state index contributed by atoms with van der Waals surface area (Å²) in [4.78, 5) is 0. The number of aromatic nitrogens is 4. The highest BCUT2D eigenvalue weighted by Crippen LogP contribution is 2.23. The van der Waals surface area contributed by atoms with Gasteiger partial charge >= 0.3 is 0 Å². The molecule has 3 rings (SSSR count). The number of hydrogen-bond donors (Lipinski definition) is 1. The van der Waals surface area contributed by atoms with E-state index in [1.54, 1.807) is 10.7 Å². The topological polar surface area (TPSA) is 64.9 Å². The molecule has 2 aromatic carbocycles. The maximum atomic E-state index is 6.02. The summed E-state index contributed by atoms with van der Waals surface area (Å²) in [5, 5.41) is 16.1. The van der Waals surface area contributed by atoms with Gasteiger partial charge < -0.3 is 10.1 Å². The van der Waals surface area contributed by atoms with Crippen molar-refractivity contribution in [2.45, 2.75) is 39.5 Å². The van der Waals surface area contributed by atoms with Crippen LogP contribution in [-0.4, -0.2) is 20.2 Å². The lowest BCUT2D eigenvalue weighted by Gasteiger charge is -2.09. The van der Waals surface area contributed by atoms with Crippen molar-refractivity contribution in [1.82, 2.24) is 20.2 Å². The van der Waals surface area contributed by atoms with Gasteiger partial charge in [-0.05, 0) is 52.2 Å². The molecule has 1 N–H and O–H groups in total. The van der Waals surface area contributed by atoms with Gasteiger partial charge in [-0.15, -0.1) is 0 Å². The van der Waals surface area contributed by atoms with Crippen LogP contribution in [0.3, 0.4) is 0 Å². The summed E-state index contributed by atoms with van der Waals surface area (Å²) in [7, 11) is 0. The molecule has 0 spiro atoms. The van der Waals surface area contributed by atoms with E-state index in [2.05, 4.69) is 27.8 Å². The minimum atomic E-state index is 0.431. The highest BCUT2D eigenvalue weighted by molar-refractivity contribution is 6.42. The van der Waals surface area contributed by atoms with E-state index >= 15 is 0 Å². The molecule has 1 heterocycles. The minimum Gasteiger partial charge on any atom is -0.489 e. The SMILES string of the molecule is CCCCn1nnnc1NCc1ccc(OCc2ccc(Cl)c(Cl)c2)cc1. The van der Waals surface area contributed by atoms with Crippen LogP contribution in [0, 0.1) is 0 Å². The molecule has 1 aromatic heterocycles. The van der Waals surface area contributed by atoms with Crippen LogP contribution in [0.25, 0.3) is 0 Å². The Hall–Kier alpha value is -2.31. The molecular formula is C19H21Cl2N5O. The smallest absolute Gasteiger partial charge is 0.243 e. The molecule has 142 valence electrons. The number of rotatable bonds is 9. The highest BCUT2D eigenvalue weighted by Gasteiger charge is 2.05. The molecule has 0 radical (unpaired) electrons. The predicted molar refractivity (Wildman–Crippen MR) is 107 cm³/mol. The quantitative estimate of drug-likeness (QED) is 0.544. The van der Waals surface area contributed by atoms with Crippen LogP contribution < -0.4 is 10.1 Å². The number of tetrazole rings is 1. The standard InChI is InChI=1S/C19H21Cl2N5O/c1-2-3-10-26-19(23-24-25-26)22-12-14-4-7-16(8-5-14)27-13-15-6-9-17(20)18(21)11-15/h4-9,11H,2-3,10,12-13H2,1H3,(H,22,23,25). The average Bonchev–Trinajstić information content (AvgIpc) is 3.14. The monoisotopic (exact) mass is 405 g/mol. The predicted octanol–water partition coefficient (Wildman–Crippen LogP) is 4.97. The van der Waals surface area contributed by atoms with Crippen LogP contribution in [0.1, 0.15) is 30.9 Å². The van der Waals surface area contributed by atoms with Crippen LogP contribution in [-0.2, 0) is 19.7 Å². The Morgan fingerprint density at radius 2 is 1.81 bits per heavy atom. The lowest BCUT2D eigenvalue weighted by molar-refractivity contribution is 0.306. The molecule has 0 fully saturated rings. The summed E-state index contributed by atoms with van der Waals surface area (Å²) >= 11 is 11.9. The zero-order valence-electron chi connectivity index (χ0n) is 15.0. The van der Waals surface area contributed by atoms with Gasteiger partial charge in [0, 0.05) is 13.1 Å². The van der Waals surface area contributed by atoms with E-state index in [0.29, 0.717) is 29.1 Å². The van der Waals surface area contributed by atoms with Crippen molar-refractivity contribution in [3.8, 4) is 5.75 Å². The first-order chi connectivity index (χ1) is 13.2. The molecule has 0 amide bonds. The van der Waals surface area contributed by atoms with Crippen LogP contribution in [0.15, 0.2) is 42.5 Å². The molecule has 0 bridgehead atoms. The summed E-state index contributed by atoms with van der Waals surface area (Å²) in [6.45, 7) is 4.02. The number of benzene rings is 2. The van der Waals surface area contributed by atoms with Gasteiger partial charge in [-0.25, -0.2) is 4.68 Å². The van der Waals surface area contributed by atoms with E-state index in [9.17, 15) is 0 Å². The van der Waals surface area contributed by atoms with Crippen LogP contribution in [0.4, 0.5) is 5.95 Å². The van der Waals surface area contributed by atoms with E-state index in [0.717, 1.165) is 36.3 Å². The summed E-state index contributed by atoms with van der Waals surface area (Å²) in [5.41, 5.74) is 2.08. The summed E-state index contributed by atoms with van der Waals surface area (Å²) < 4.78 is 7.59. The van der Waals surface area contributed by atoms with Crippen LogP contribution in [0.2, 0.25) is 10.0 Å². The normalized spacial score (nSPS) is 10.8. The van der Waals surface area contributed by atoms with Crippen molar-refractivity contribution >= 4 is 29.2 Å². The van der Waals surface area contributed by atoms with Crippen molar-refractivity contribution in [1.29, 1.82) is 0 Å². The van der Waals surface area contributed by atoms with Crippen molar-refractivity contribution in [3.63, 3.8) is 0 Å². The third kappa shape index (κ3) is 5.58. The Labute approximate surface area is 168 Å². The molecule has 6 nitrogen and oxygen atoms in total. The highest BCUT2D eigenvalue weighted by atomic mass is 35.5. The molecule has 0 aliphatic rings. The van der Waals surface area contributed by atoms with Crippen molar-refractivity contribution < 1.29 is 4.74 Å².